The molecule has 3 atom stereocenters. The lowest BCUT2D eigenvalue weighted by Gasteiger charge is -2.34. The zero-order chi connectivity index (χ0) is 22.4. The maximum Gasteiger partial charge on any atom is 0.214 e. The zero-order valence-electron chi connectivity index (χ0n) is 17.2. The fraction of sp³-hybridized carbons (Fsp3) is 0.240. The Bertz CT molecular complexity index is 975. The minimum Gasteiger partial charge on any atom is -0.508 e. The Kier molecular flexibility index (Phi) is 7.36. The summed E-state index contributed by atoms with van der Waals surface area (Å²) in [6.45, 7) is 1.97. The molecule has 0 bridgehead atoms. The van der Waals surface area contributed by atoms with Crippen molar-refractivity contribution < 1.29 is 23.8 Å². The van der Waals surface area contributed by atoms with Crippen LogP contribution in [0.1, 0.15) is 43.0 Å². The summed E-state index contributed by atoms with van der Waals surface area (Å²) < 4.78 is 26.5. The van der Waals surface area contributed by atoms with Crippen LogP contribution in [0.4, 0.5) is 14.5 Å². The summed E-state index contributed by atoms with van der Waals surface area (Å²) in [4.78, 5) is 13.6. The molecule has 0 radical (unpaired) electrons. The summed E-state index contributed by atoms with van der Waals surface area (Å²) >= 11 is 0. The van der Waals surface area contributed by atoms with Crippen LogP contribution >= 0.6 is 0 Å². The number of hydrogen-bond acceptors (Lipinski definition) is 3. The molecule has 2 N–H and O–H groups in total. The van der Waals surface area contributed by atoms with Crippen LogP contribution in [0.2, 0.25) is 0 Å². The van der Waals surface area contributed by atoms with Crippen LogP contribution in [0.5, 0.6) is 5.75 Å². The Hall–Kier alpha value is -3.25. The number of halogens is 2. The standard InChI is InChI=1S/C25H25F2NO3/c1-17(2-15-24(31)18-3-7-20(26)8-4-18)25(19-5-13-23(30)14-6-19)28(16-29)22-11-9-21(27)10-12-22/h3-14,16-17,24-25,30-31H,2,15H2,1H3/t17-,24?,25?/m1/s1. The quantitative estimate of drug-likeness (QED) is 0.444. The average molecular weight is 425 g/mol. The van der Waals surface area contributed by atoms with E-state index in [1.165, 1.54) is 41.3 Å². The second kappa shape index (κ2) is 10.2. The Morgan fingerprint density at radius 1 is 0.839 bits per heavy atom. The first-order chi connectivity index (χ1) is 14.9. The molecule has 0 aliphatic heterocycles. The van der Waals surface area contributed by atoms with Gasteiger partial charge in [0.15, 0.2) is 0 Å². The molecule has 31 heavy (non-hydrogen) atoms. The Morgan fingerprint density at radius 2 is 1.35 bits per heavy atom. The van der Waals surface area contributed by atoms with Crippen molar-refractivity contribution >= 4 is 12.1 Å². The van der Waals surface area contributed by atoms with Gasteiger partial charge in [-0.3, -0.25) is 4.79 Å². The number of amides is 1. The maximum absolute atomic E-state index is 13.4. The van der Waals surface area contributed by atoms with Crippen molar-refractivity contribution in [1.29, 1.82) is 0 Å². The van der Waals surface area contributed by atoms with Gasteiger partial charge in [-0.05, 0) is 78.4 Å². The molecule has 6 heteroatoms. The monoisotopic (exact) mass is 425 g/mol. The van der Waals surface area contributed by atoms with Gasteiger partial charge in [0, 0.05) is 5.69 Å². The van der Waals surface area contributed by atoms with Gasteiger partial charge in [-0.1, -0.05) is 31.2 Å². The van der Waals surface area contributed by atoms with E-state index in [-0.39, 0.29) is 17.5 Å². The summed E-state index contributed by atoms with van der Waals surface area (Å²) in [7, 11) is 0. The molecule has 0 aliphatic rings. The predicted molar refractivity (Wildman–Crippen MR) is 116 cm³/mol. The smallest absolute Gasteiger partial charge is 0.214 e. The number of phenols is 1. The van der Waals surface area contributed by atoms with Crippen LogP contribution in [-0.2, 0) is 4.79 Å². The number of aromatic hydroxyl groups is 1. The predicted octanol–water partition coefficient (Wildman–Crippen LogP) is 5.52. The van der Waals surface area contributed by atoms with E-state index >= 15 is 0 Å². The van der Waals surface area contributed by atoms with Crippen molar-refractivity contribution in [2.75, 3.05) is 4.90 Å². The highest BCUT2D eigenvalue weighted by Gasteiger charge is 2.27. The van der Waals surface area contributed by atoms with Crippen molar-refractivity contribution in [2.24, 2.45) is 5.92 Å². The minimum absolute atomic E-state index is 0.0881. The van der Waals surface area contributed by atoms with Gasteiger partial charge < -0.3 is 15.1 Å². The van der Waals surface area contributed by atoms with Gasteiger partial charge in [-0.25, -0.2) is 8.78 Å². The lowest BCUT2D eigenvalue weighted by molar-refractivity contribution is -0.108. The highest BCUT2D eigenvalue weighted by atomic mass is 19.1. The van der Waals surface area contributed by atoms with Crippen LogP contribution in [0.25, 0.3) is 0 Å². The van der Waals surface area contributed by atoms with Crippen LogP contribution < -0.4 is 4.90 Å². The van der Waals surface area contributed by atoms with Crippen molar-refractivity contribution in [3.63, 3.8) is 0 Å². The van der Waals surface area contributed by atoms with E-state index in [0.717, 1.165) is 5.56 Å². The molecule has 0 saturated carbocycles. The van der Waals surface area contributed by atoms with E-state index in [0.29, 0.717) is 30.5 Å². The first-order valence-corrected chi connectivity index (χ1v) is 10.1. The molecule has 0 fully saturated rings. The Labute approximate surface area is 180 Å². The number of aliphatic hydroxyl groups excluding tert-OH is 1. The number of benzene rings is 3. The lowest BCUT2D eigenvalue weighted by Crippen LogP contribution is -2.32. The highest BCUT2D eigenvalue weighted by Crippen LogP contribution is 2.36. The van der Waals surface area contributed by atoms with E-state index in [1.807, 2.05) is 6.92 Å². The number of carbonyl (C=O) groups excluding carboxylic acids is 1. The van der Waals surface area contributed by atoms with Crippen molar-refractivity contribution in [3.05, 3.63) is 95.6 Å². The largest absolute Gasteiger partial charge is 0.508 e. The van der Waals surface area contributed by atoms with E-state index in [9.17, 15) is 23.8 Å². The fourth-order valence-electron chi connectivity index (χ4n) is 3.77. The molecule has 3 aromatic rings. The van der Waals surface area contributed by atoms with Crippen molar-refractivity contribution in [2.45, 2.75) is 31.9 Å². The first kappa shape index (κ1) is 22.4. The summed E-state index contributed by atoms with van der Waals surface area (Å²) in [5.41, 5.74) is 1.97. The van der Waals surface area contributed by atoms with Gasteiger partial charge in [0.1, 0.15) is 17.4 Å². The highest BCUT2D eigenvalue weighted by molar-refractivity contribution is 5.76. The van der Waals surface area contributed by atoms with Crippen LogP contribution in [0.3, 0.4) is 0 Å². The second-order valence-electron chi connectivity index (χ2n) is 7.65. The van der Waals surface area contributed by atoms with Gasteiger partial charge in [0.2, 0.25) is 6.41 Å². The summed E-state index contributed by atoms with van der Waals surface area (Å²) in [5, 5.41) is 20.2. The third-order valence-electron chi connectivity index (χ3n) is 5.46. The number of phenolic OH excluding ortho intramolecular Hbond substituents is 1. The number of aliphatic hydroxyl groups is 1. The molecule has 3 aromatic carbocycles. The van der Waals surface area contributed by atoms with Gasteiger partial charge in [-0.15, -0.1) is 0 Å². The average Bonchev–Trinajstić information content (AvgIpc) is 2.77. The molecule has 4 nitrogen and oxygen atoms in total. The molecule has 0 aliphatic carbocycles. The van der Waals surface area contributed by atoms with Gasteiger partial charge >= 0.3 is 0 Å². The van der Waals surface area contributed by atoms with Gasteiger partial charge in [0.05, 0.1) is 12.1 Å². The van der Waals surface area contributed by atoms with Gasteiger partial charge in [-0.2, -0.15) is 0 Å². The van der Waals surface area contributed by atoms with E-state index in [2.05, 4.69) is 0 Å². The number of carbonyl (C=O) groups is 1. The van der Waals surface area contributed by atoms with Crippen LogP contribution in [0.15, 0.2) is 72.8 Å². The first-order valence-electron chi connectivity index (χ1n) is 10.1. The number of rotatable bonds is 9. The van der Waals surface area contributed by atoms with Crippen molar-refractivity contribution in [3.8, 4) is 5.75 Å². The molecular formula is C25H25F2NO3. The Balaban J connectivity index is 1.84. The molecule has 162 valence electrons. The van der Waals surface area contributed by atoms with E-state index < -0.39 is 18.0 Å². The molecule has 1 amide bonds. The number of hydrogen-bond donors (Lipinski definition) is 2. The molecule has 3 rings (SSSR count). The third-order valence-corrected chi connectivity index (χ3v) is 5.46. The SMILES string of the molecule is C[C@H](CCC(O)c1ccc(F)cc1)C(c1ccc(O)cc1)N(C=O)c1ccc(F)cc1. The summed E-state index contributed by atoms with van der Waals surface area (Å²) in [6.07, 6.45) is 0.921. The maximum atomic E-state index is 13.4. The molecular weight excluding hydrogens is 400 g/mol. The lowest BCUT2D eigenvalue weighted by atomic mass is 9.87. The van der Waals surface area contributed by atoms with Crippen molar-refractivity contribution in [1.82, 2.24) is 0 Å². The van der Waals surface area contributed by atoms with Gasteiger partial charge in [0.25, 0.3) is 0 Å². The van der Waals surface area contributed by atoms with Crippen LogP contribution in [0, 0.1) is 17.6 Å². The molecule has 0 heterocycles. The fourth-order valence-corrected chi connectivity index (χ4v) is 3.77. The molecule has 0 saturated heterocycles. The molecule has 0 spiro atoms. The van der Waals surface area contributed by atoms with Crippen LogP contribution in [-0.4, -0.2) is 16.6 Å². The Morgan fingerprint density at radius 3 is 1.90 bits per heavy atom. The van der Waals surface area contributed by atoms with E-state index in [1.54, 1.807) is 36.4 Å². The number of nitrogens with zero attached hydrogens (tertiary/aromatic N) is 1. The zero-order valence-corrected chi connectivity index (χ0v) is 17.2. The summed E-state index contributed by atoms with van der Waals surface area (Å²) in [6, 6.07) is 17.6. The minimum atomic E-state index is -0.765. The topological polar surface area (TPSA) is 60.8 Å². The molecule has 2 unspecified atom stereocenters. The summed E-state index contributed by atoms with van der Waals surface area (Å²) in [5.74, 6) is -0.736. The third kappa shape index (κ3) is 5.67. The second-order valence-corrected chi connectivity index (χ2v) is 7.65. The van der Waals surface area contributed by atoms with E-state index in [4.69, 9.17) is 0 Å². The number of anilines is 1. The normalized spacial score (nSPS) is 13.9. The molecule has 0 aromatic heterocycles.